The number of anilines is 1. The molecule has 23 heavy (non-hydrogen) atoms. The van der Waals surface area contributed by atoms with E-state index >= 15 is 0 Å². The fraction of sp³-hybridized carbons (Fsp3) is 0.176. The number of benzene rings is 2. The number of carbonyl (C=O) groups excluding carboxylic acids is 1. The molecule has 3 N–H and O–H groups in total. The average Bonchev–Trinajstić information content (AvgIpc) is 2.54. The zero-order valence-electron chi connectivity index (χ0n) is 12.9. The van der Waals surface area contributed by atoms with Crippen LogP contribution in [0.4, 0.5) is 5.69 Å². The molecule has 2 aromatic carbocycles. The van der Waals surface area contributed by atoms with Gasteiger partial charge in [-0.25, -0.2) is 5.43 Å². The number of phenolic OH excluding ortho intramolecular Hbond substituents is 1. The maximum Gasteiger partial charge on any atom is 0.259 e. The molecule has 2 rings (SSSR count). The van der Waals surface area contributed by atoms with Crippen LogP contribution in [0.5, 0.6) is 5.75 Å². The number of nitrogens with zero attached hydrogens (tertiary/aromatic N) is 1. The van der Waals surface area contributed by atoms with Gasteiger partial charge in [0, 0.05) is 15.7 Å². The van der Waals surface area contributed by atoms with Crippen molar-refractivity contribution in [2.24, 2.45) is 5.10 Å². The smallest absolute Gasteiger partial charge is 0.259 e. The van der Waals surface area contributed by atoms with Gasteiger partial charge in [0.25, 0.3) is 5.91 Å². The molecule has 1 amide bonds. The van der Waals surface area contributed by atoms with Gasteiger partial charge in [0.2, 0.25) is 0 Å². The third-order valence-corrected chi connectivity index (χ3v) is 3.69. The molecule has 0 unspecified atom stereocenters. The maximum absolute atomic E-state index is 11.8. The second-order valence-corrected chi connectivity index (χ2v) is 6.03. The van der Waals surface area contributed by atoms with Crippen molar-refractivity contribution in [2.45, 2.75) is 13.8 Å². The standard InChI is InChI=1S/C17H18BrN3O2/c1-11-3-6-14(7-4-11)19-10-17(23)21-20-12(2)15-9-13(18)5-8-16(15)22/h3-9,19,22H,10H2,1-2H3,(H,21,23)/b20-12+. The number of halogens is 1. The molecule has 0 fully saturated rings. The van der Waals surface area contributed by atoms with Gasteiger partial charge in [0.1, 0.15) is 5.75 Å². The van der Waals surface area contributed by atoms with E-state index < -0.39 is 0 Å². The van der Waals surface area contributed by atoms with E-state index in [1.165, 1.54) is 0 Å². The summed E-state index contributed by atoms with van der Waals surface area (Å²) in [6.07, 6.45) is 0. The molecule has 120 valence electrons. The van der Waals surface area contributed by atoms with Crippen molar-refractivity contribution < 1.29 is 9.90 Å². The fourth-order valence-electron chi connectivity index (χ4n) is 1.90. The van der Waals surface area contributed by atoms with Crippen molar-refractivity contribution in [3.8, 4) is 5.75 Å². The molecule has 0 atom stereocenters. The monoisotopic (exact) mass is 375 g/mol. The largest absolute Gasteiger partial charge is 0.507 e. The Balaban J connectivity index is 1.92. The molecular weight excluding hydrogens is 358 g/mol. The first kappa shape index (κ1) is 17.0. The van der Waals surface area contributed by atoms with Gasteiger partial charge in [-0.05, 0) is 44.2 Å². The molecule has 0 aromatic heterocycles. The zero-order chi connectivity index (χ0) is 16.8. The molecule has 0 spiro atoms. The Hall–Kier alpha value is -2.34. The predicted octanol–water partition coefficient (Wildman–Crippen LogP) is 3.42. The van der Waals surface area contributed by atoms with E-state index in [9.17, 15) is 9.90 Å². The van der Waals surface area contributed by atoms with Crippen molar-refractivity contribution in [3.63, 3.8) is 0 Å². The van der Waals surface area contributed by atoms with Crippen molar-refractivity contribution in [2.75, 3.05) is 11.9 Å². The highest BCUT2D eigenvalue weighted by molar-refractivity contribution is 9.10. The van der Waals surface area contributed by atoms with Crippen LogP contribution in [0.3, 0.4) is 0 Å². The van der Waals surface area contributed by atoms with Gasteiger partial charge in [-0.1, -0.05) is 33.6 Å². The Bertz CT molecular complexity index is 727. The molecule has 0 bridgehead atoms. The lowest BCUT2D eigenvalue weighted by atomic mass is 10.1. The first-order chi connectivity index (χ1) is 11.0. The number of aromatic hydroxyl groups is 1. The van der Waals surface area contributed by atoms with Crippen LogP contribution in [-0.4, -0.2) is 23.3 Å². The fourth-order valence-corrected chi connectivity index (χ4v) is 2.26. The zero-order valence-corrected chi connectivity index (χ0v) is 14.5. The lowest BCUT2D eigenvalue weighted by molar-refractivity contribution is -0.119. The highest BCUT2D eigenvalue weighted by atomic mass is 79.9. The van der Waals surface area contributed by atoms with Crippen LogP contribution in [0.25, 0.3) is 0 Å². The number of rotatable bonds is 5. The Morgan fingerprint density at radius 1 is 1.22 bits per heavy atom. The van der Waals surface area contributed by atoms with Crippen molar-refractivity contribution >= 4 is 33.2 Å². The first-order valence-corrected chi connectivity index (χ1v) is 7.87. The third kappa shape index (κ3) is 5.10. The Morgan fingerprint density at radius 2 is 1.91 bits per heavy atom. The quantitative estimate of drug-likeness (QED) is 0.553. The number of nitrogens with one attached hydrogen (secondary N) is 2. The minimum absolute atomic E-state index is 0.112. The lowest BCUT2D eigenvalue weighted by Gasteiger charge is -2.07. The summed E-state index contributed by atoms with van der Waals surface area (Å²) in [5.74, 6) is -0.152. The molecule has 0 saturated carbocycles. The molecule has 0 heterocycles. The van der Waals surface area contributed by atoms with Crippen molar-refractivity contribution in [3.05, 3.63) is 58.1 Å². The summed E-state index contributed by atoms with van der Waals surface area (Å²) in [5, 5.41) is 16.9. The van der Waals surface area contributed by atoms with E-state index in [2.05, 4.69) is 31.8 Å². The molecule has 0 aliphatic rings. The van der Waals surface area contributed by atoms with E-state index in [0.29, 0.717) is 11.3 Å². The summed E-state index contributed by atoms with van der Waals surface area (Å²) >= 11 is 3.34. The average molecular weight is 376 g/mol. The summed E-state index contributed by atoms with van der Waals surface area (Å²) in [5.41, 5.74) is 5.58. The molecule has 5 nitrogen and oxygen atoms in total. The molecular formula is C17H18BrN3O2. The Labute approximate surface area is 143 Å². The van der Waals surface area contributed by atoms with Crippen LogP contribution in [0.1, 0.15) is 18.1 Å². The molecule has 6 heteroatoms. The van der Waals surface area contributed by atoms with Crippen LogP contribution >= 0.6 is 15.9 Å². The SMILES string of the molecule is C/C(=N\NC(=O)CNc1ccc(C)cc1)c1cc(Br)ccc1O. The van der Waals surface area contributed by atoms with E-state index in [1.54, 1.807) is 25.1 Å². The number of hydrazone groups is 1. The third-order valence-electron chi connectivity index (χ3n) is 3.20. The second-order valence-electron chi connectivity index (χ2n) is 5.11. The predicted molar refractivity (Wildman–Crippen MR) is 95.8 cm³/mol. The van der Waals surface area contributed by atoms with E-state index in [0.717, 1.165) is 15.7 Å². The summed E-state index contributed by atoms with van der Waals surface area (Å²) in [7, 11) is 0. The minimum atomic E-state index is -0.264. The van der Waals surface area contributed by atoms with Gasteiger partial charge in [0.05, 0.1) is 12.3 Å². The highest BCUT2D eigenvalue weighted by Crippen LogP contribution is 2.22. The summed E-state index contributed by atoms with van der Waals surface area (Å²) in [6, 6.07) is 12.8. The van der Waals surface area contributed by atoms with Crippen LogP contribution < -0.4 is 10.7 Å². The molecule has 0 aliphatic carbocycles. The van der Waals surface area contributed by atoms with Crippen molar-refractivity contribution in [1.82, 2.24) is 5.43 Å². The Kier molecular flexibility index (Phi) is 5.76. The van der Waals surface area contributed by atoms with Gasteiger partial charge in [-0.3, -0.25) is 4.79 Å². The van der Waals surface area contributed by atoms with Crippen LogP contribution in [0, 0.1) is 6.92 Å². The molecule has 0 aliphatic heterocycles. The van der Waals surface area contributed by atoms with Crippen molar-refractivity contribution in [1.29, 1.82) is 0 Å². The number of amides is 1. The van der Waals surface area contributed by atoms with Crippen LogP contribution in [0.2, 0.25) is 0 Å². The molecule has 0 radical (unpaired) electrons. The van der Waals surface area contributed by atoms with E-state index in [-0.39, 0.29) is 18.2 Å². The number of phenols is 1. The minimum Gasteiger partial charge on any atom is -0.507 e. The Morgan fingerprint density at radius 3 is 2.61 bits per heavy atom. The van der Waals surface area contributed by atoms with Gasteiger partial charge < -0.3 is 10.4 Å². The number of aryl methyl sites for hydroxylation is 1. The molecule has 0 saturated heterocycles. The topological polar surface area (TPSA) is 73.7 Å². The van der Waals surface area contributed by atoms with Crippen LogP contribution in [0.15, 0.2) is 52.0 Å². The molecule has 2 aromatic rings. The first-order valence-electron chi connectivity index (χ1n) is 7.08. The van der Waals surface area contributed by atoms with Gasteiger partial charge in [-0.15, -0.1) is 0 Å². The summed E-state index contributed by atoms with van der Waals surface area (Å²) < 4.78 is 0.826. The highest BCUT2D eigenvalue weighted by Gasteiger charge is 2.06. The number of hydrogen-bond donors (Lipinski definition) is 3. The lowest BCUT2D eigenvalue weighted by Crippen LogP contribution is -2.26. The van der Waals surface area contributed by atoms with Gasteiger partial charge in [0.15, 0.2) is 0 Å². The second kappa shape index (κ2) is 7.78. The summed E-state index contributed by atoms with van der Waals surface area (Å²) in [6.45, 7) is 3.84. The van der Waals surface area contributed by atoms with Crippen LogP contribution in [-0.2, 0) is 4.79 Å². The van der Waals surface area contributed by atoms with Gasteiger partial charge in [-0.2, -0.15) is 5.10 Å². The normalized spacial score (nSPS) is 11.2. The van der Waals surface area contributed by atoms with Gasteiger partial charge >= 0.3 is 0 Å². The van der Waals surface area contributed by atoms with E-state index in [1.807, 2.05) is 31.2 Å². The number of hydrogen-bond acceptors (Lipinski definition) is 4. The summed E-state index contributed by atoms with van der Waals surface area (Å²) in [4.78, 5) is 11.8. The maximum atomic E-state index is 11.8. The number of carbonyl (C=O) groups is 1. The van der Waals surface area contributed by atoms with E-state index in [4.69, 9.17) is 0 Å².